The van der Waals surface area contributed by atoms with Gasteiger partial charge in [0.1, 0.15) is 5.75 Å². The van der Waals surface area contributed by atoms with Gasteiger partial charge >= 0.3 is 5.69 Å². The van der Waals surface area contributed by atoms with E-state index in [1.165, 1.54) is 12.1 Å². The Kier molecular flexibility index (Phi) is 4.36. The third-order valence-electron chi connectivity index (χ3n) is 2.71. The van der Waals surface area contributed by atoms with Crippen molar-refractivity contribution < 1.29 is 14.8 Å². The maximum Gasteiger partial charge on any atom is 0.311 e. The largest absolute Gasteiger partial charge is 0.450 e. The second-order valence-electron chi connectivity index (χ2n) is 4.19. The van der Waals surface area contributed by atoms with Crippen molar-refractivity contribution in [2.45, 2.75) is 13.0 Å². The molecule has 2 aromatic rings. The maximum atomic E-state index is 11.0. The normalized spacial score (nSPS) is 11.9. The Bertz CT molecular complexity index is 643. The summed E-state index contributed by atoms with van der Waals surface area (Å²) in [5, 5.41) is 20.7. The fraction of sp³-hybridized carbons (Fsp3) is 0.143. The van der Waals surface area contributed by atoms with Gasteiger partial charge in [-0.25, -0.2) is 0 Å². The third kappa shape index (κ3) is 3.15. The molecule has 0 aliphatic heterocycles. The van der Waals surface area contributed by atoms with Crippen molar-refractivity contribution in [3.05, 3.63) is 62.6 Å². The van der Waals surface area contributed by atoms with E-state index in [9.17, 15) is 15.2 Å². The lowest BCUT2D eigenvalue weighted by molar-refractivity contribution is -0.385. The van der Waals surface area contributed by atoms with Gasteiger partial charge in [-0.3, -0.25) is 10.1 Å². The molecular formula is C14H12BrNO4. The van der Waals surface area contributed by atoms with Crippen molar-refractivity contribution in [2.75, 3.05) is 0 Å². The predicted octanol–water partition coefficient (Wildman–Crippen LogP) is 4.20. The van der Waals surface area contributed by atoms with Crippen molar-refractivity contribution in [3.63, 3.8) is 0 Å². The number of para-hydroxylation sites is 2. The Morgan fingerprint density at radius 3 is 2.60 bits per heavy atom. The number of hydrogen-bond acceptors (Lipinski definition) is 4. The second-order valence-corrected chi connectivity index (χ2v) is 5.10. The molecule has 0 radical (unpaired) electrons. The van der Waals surface area contributed by atoms with Crippen LogP contribution in [0.5, 0.6) is 11.5 Å². The molecule has 1 atom stereocenters. The number of aliphatic hydroxyl groups is 1. The van der Waals surface area contributed by atoms with Crippen LogP contribution in [0.4, 0.5) is 5.69 Å². The Morgan fingerprint density at radius 1 is 1.25 bits per heavy atom. The number of nitrogens with zero attached hydrogens (tertiary/aromatic N) is 1. The molecule has 0 spiro atoms. The summed E-state index contributed by atoms with van der Waals surface area (Å²) >= 11 is 3.31. The molecule has 2 rings (SSSR count). The van der Waals surface area contributed by atoms with E-state index in [4.69, 9.17) is 4.74 Å². The molecule has 2 aromatic carbocycles. The van der Waals surface area contributed by atoms with Gasteiger partial charge in [0.25, 0.3) is 0 Å². The molecule has 0 saturated carbocycles. The summed E-state index contributed by atoms with van der Waals surface area (Å²) in [6, 6.07) is 11.3. The quantitative estimate of drug-likeness (QED) is 0.670. The summed E-state index contributed by atoms with van der Waals surface area (Å²) in [6.45, 7) is 1.61. The van der Waals surface area contributed by atoms with Crippen molar-refractivity contribution in [1.29, 1.82) is 0 Å². The minimum absolute atomic E-state index is 0.121. The summed E-state index contributed by atoms with van der Waals surface area (Å²) in [6.07, 6.45) is -0.735. The van der Waals surface area contributed by atoms with Crippen molar-refractivity contribution in [2.24, 2.45) is 0 Å². The maximum absolute atomic E-state index is 11.0. The van der Waals surface area contributed by atoms with Crippen LogP contribution in [0.3, 0.4) is 0 Å². The topological polar surface area (TPSA) is 72.6 Å². The SMILES string of the molecule is CC(O)c1ccc(Br)cc1Oc1ccccc1[N+](=O)[O-]. The molecule has 6 heteroatoms. The van der Waals surface area contributed by atoms with Crippen LogP contribution in [-0.4, -0.2) is 10.0 Å². The predicted molar refractivity (Wildman–Crippen MR) is 77.9 cm³/mol. The molecule has 0 fully saturated rings. The van der Waals surface area contributed by atoms with Crippen molar-refractivity contribution >= 4 is 21.6 Å². The minimum Gasteiger partial charge on any atom is -0.450 e. The van der Waals surface area contributed by atoms with Gasteiger partial charge in [0, 0.05) is 16.1 Å². The van der Waals surface area contributed by atoms with Crippen LogP contribution in [0, 0.1) is 10.1 Å². The first-order valence-corrected chi connectivity index (χ1v) is 6.67. The fourth-order valence-corrected chi connectivity index (χ4v) is 2.09. The fourth-order valence-electron chi connectivity index (χ4n) is 1.75. The molecule has 0 saturated heterocycles. The highest BCUT2D eigenvalue weighted by molar-refractivity contribution is 9.10. The average Bonchev–Trinajstić information content (AvgIpc) is 2.38. The molecule has 0 aliphatic rings. The van der Waals surface area contributed by atoms with Gasteiger partial charge in [0.15, 0.2) is 0 Å². The van der Waals surface area contributed by atoms with Gasteiger partial charge in [-0.1, -0.05) is 34.1 Å². The third-order valence-corrected chi connectivity index (χ3v) is 3.20. The zero-order valence-corrected chi connectivity index (χ0v) is 12.2. The van der Waals surface area contributed by atoms with Gasteiger partial charge in [-0.15, -0.1) is 0 Å². The van der Waals surface area contributed by atoms with E-state index in [1.807, 2.05) is 0 Å². The molecule has 1 N–H and O–H groups in total. The lowest BCUT2D eigenvalue weighted by atomic mass is 10.1. The van der Waals surface area contributed by atoms with Crippen LogP contribution in [0.25, 0.3) is 0 Å². The zero-order valence-electron chi connectivity index (χ0n) is 10.6. The number of hydrogen-bond donors (Lipinski definition) is 1. The molecule has 5 nitrogen and oxygen atoms in total. The van der Waals surface area contributed by atoms with Gasteiger partial charge in [-0.05, 0) is 25.1 Å². The Morgan fingerprint density at radius 2 is 1.95 bits per heavy atom. The molecule has 0 aliphatic carbocycles. The van der Waals surface area contributed by atoms with E-state index in [0.29, 0.717) is 11.3 Å². The number of nitro benzene ring substituents is 1. The Labute approximate surface area is 124 Å². The first kappa shape index (κ1) is 14.5. The van der Waals surface area contributed by atoms with E-state index in [0.717, 1.165) is 4.47 Å². The standard InChI is InChI=1S/C14H12BrNO4/c1-9(17)11-7-6-10(15)8-14(11)20-13-5-3-2-4-12(13)16(18)19/h2-9,17H,1H3. The smallest absolute Gasteiger partial charge is 0.311 e. The van der Waals surface area contributed by atoms with E-state index in [-0.39, 0.29) is 11.4 Å². The van der Waals surface area contributed by atoms with E-state index in [1.54, 1.807) is 37.3 Å². The average molecular weight is 338 g/mol. The van der Waals surface area contributed by atoms with E-state index < -0.39 is 11.0 Å². The van der Waals surface area contributed by atoms with Gasteiger partial charge in [0.05, 0.1) is 11.0 Å². The van der Waals surface area contributed by atoms with Crippen LogP contribution in [0.1, 0.15) is 18.6 Å². The van der Waals surface area contributed by atoms with Crippen LogP contribution < -0.4 is 4.74 Å². The first-order valence-electron chi connectivity index (χ1n) is 5.88. The summed E-state index contributed by atoms with van der Waals surface area (Å²) in [5.74, 6) is 0.515. The van der Waals surface area contributed by atoms with Crippen LogP contribution in [0.2, 0.25) is 0 Å². The summed E-state index contributed by atoms with van der Waals surface area (Å²) < 4.78 is 6.37. The van der Waals surface area contributed by atoms with Crippen LogP contribution in [0.15, 0.2) is 46.9 Å². The van der Waals surface area contributed by atoms with Crippen LogP contribution in [-0.2, 0) is 0 Å². The van der Waals surface area contributed by atoms with Crippen LogP contribution >= 0.6 is 15.9 Å². The van der Waals surface area contributed by atoms with Crippen molar-refractivity contribution in [3.8, 4) is 11.5 Å². The molecule has 0 heterocycles. The molecule has 0 amide bonds. The highest BCUT2D eigenvalue weighted by Crippen LogP contribution is 2.36. The number of nitro groups is 1. The molecule has 20 heavy (non-hydrogen) atoms. The van der Waals surface area contributed by atoms with Gasteiger partial charge in [0.2, 0.25) is 5.75 Å². The zero-order chi connectivity index (χ0) is 14.7. The highest BCUT2D eigenvalue weighted by atomic mass is 79.9. The van der Waals surface area contributed by atoms with E-state index in [2.05, 4.69) is 15.9 Å². The minimum atomic E-state index is -0.735. The first-order chi connectivity index (χ1) is 9.49. The van der Waals surface area contributed by atoms with E-state index >= 15 is 0 Å². The molecule has 1 unspecified atom stereocenters. The van der Waals surface area contributed by atoms with Crippen molar-refractivity contribution in [1.82, 2.24) is 0 Å². The van der Waals surface area contributed by atoms with Gasteiger partial charge in [-0.2, -0.15) is 0 Å². The monoisotopic (exact) mass is 337 g/mol. The lowest BCUT2D eigenvalue weighted by Gasteiger charge is -2.13. The summed E-state index contributed by atoms with van der Waals surface area (Å²) in [7, 11) is 0. The molecular weight excluding hydrogens is 326 g/mol. The Balaban J connectivity index is 2.45. The number of ether oxygens (including phenoxy) is 1. The second kappa shape index (κ2) is 6.02. The number of halogens is 1. The molecule has 104 valence electrons. The lowest BCUT2D eigenvalue weighted by Crippen LogP contribution is -1.98. The number of benzene rings is 2. The summed E-state index contributed by atoms with van der Waals surface area (Å²) in [5.41, 5.74) is 0.440. The molecule has 0 aromatic heterocycles. The highest BCUT2D eigenvalue weighted by Gasteiger charge is 2.17. The number of rotatable bonds is 4. The number of aliphatic hydroxyl groups excluding tert-OH is 1. The Hall–Kier alpha value is -1.92. The van der Waals surface area contributed by atoms with Gasteiger partial charge < -0.3 is 9.84 Å². The summed E-state index contributed by atoms with van der Waals surface area (Å²) in [4.78, 5) is 10.5. The molecule has 0 bridgehead atoms.